The van der Waals surface area contributed by atoms with Gasteiger partial charge < -0.3 is 19.6 Å². The van der Waals surface area contributed by atoms with Crippen LogP contribution in [0.3, 0.4) is 0 Å². The Balaban J connectivity index is 1.51. The Labute approximate surface area is 272 Å². The van der Waals surface area contributed by atoms with Crippen LogP contribution in [0.5, 0.6) is 0 Å². The van der Waals surface area contributed by atoms with Crippen LogP contribution < -0.4 is 0 Å². The van der Waals surface area contributed by atoms with Gasteiger partial charge in [-0.2, -0.15) is 0 Å². The van der Waals surface area contributed by atoms with Crippen molar-refractivity contribution in [3.05, 3.63) is 35.4 Å². The molecule has 250 valence electrons. The van der Waals surface area contributed by atoms with Gasteiger partial charge in [0.2, 0.25) is 0 Å². The highest BCUT2D eigenvalue weighted by atomic mass is 15.3. The number of likely N-dealkylation sites (tertiary alicyclic amines) is 4. The second kappa shape index (κ2) is 16.2. The molecule has 1 aromatic rings. The minimum Gasteiger partial charge on any atom is -0.306 e. The maximum Gasteiger partial charge on any atom is 0.0140 e. The average molecular weight is 608 g/mol. The third-order valence-corrected chi connectivity index (χ3v) is 12.4. The van der Waals surface area contributed by atoms with Crippen molar-refractivity contribution in [2.45, 2.75) is 109 Å². The van der Waals surface area contributed by atoms with Crippen molar-refractivity contribution >= 4 is 0 Å². The summed E-state index contributed by atoms with van der Waals surface area (Å²) in [4.78, 5) is 13.6. The second-order valence-corrected chi connectivity index (χ2v) is 16.4. The molecule has 0 N–H and O–H groups in total. The van der Waals surface area contributed by atoms with E-state index in [4.69, 9.17) is 0 Å². The Kier molecular flexibility index (Phi) is 12.7. The molecule has 2 unspecified atom stereocenters. The Morgan fingerprint density at radius 2 is 0.977 bits per heavy atom. The molecule has 4 heterocycles. The molecule has 4 aliphatic rings. The van der Waals surface area contributed by atoms with Crippen molar-refractivity contribution < 1.29 is 0 Å². The van der Waals surface area contributed by atoms with E-state index in [1.165, 1.54) is 122 Å². The molecule has 5 nitrogen and oxygen atoms in total. The molecule has 4 saturated heterocycles. The van der Waals surface area contributed by atoms with E-state index in [9.17, 15) is 0 Å². The first-order valence-electron chi connectivity index (χ1n) is 18.8. The molecule has 5 rings (SSSR count). The third-order valence-electron chi connectivity index (χ3n) is 12.4. The second-order valence-electron chi connectivity index (χ2n) is 16.4. The molecule has 0 saturated carbocycles. The van der Waals surface area contributed by atoms with E-state index < -0.39 is 0 Å². The first-order valence-corrected chi connectivity index (χ1v) is 18.8. The van der Waals surface area contributed by atoms with Crippen LogP contribution in [-0.4, -0.2) is 123 Å². The Morgan fingerprint density at radius 1 is 0.591 bits per heavy atom. The van der Waals surface area contributed by atoms with Crippen LogP contribution in [0.15, 0.2) is 24.3 Å². The highest BCUT2D eigenvalue weighted by Gasteiger charge is 2.45. The largest absolute Gasteiger partial charge is 0.306 e. The zero-order chi connectivity index (χ0) is 31.2. The predicted octanol–water partition coefficient (Wildman–Crippen LogP) is 6.54. The van der Waals surface area contributed by atoms with E-state index in [1.54, 1.807) is 5.56 Å². The fraction of sp³-hybridized carbons (Fsp3) is 0.846. The monoisotopic (exact) mass is 608 g/mol. The fourth-order valence-corrected chi connectivity index (χ4v) is 9.70. The maximum atomic E-state index is 3.27. The van der Waals surface area contributed by atoms with Crippen LogP contribution in [0.2, 0.25) is 0 Å². The zero-order valence-corrected chi connectivity index (χ0v) is 29.9. The van der Waals surface area contributed by atoms with Gasteiger partial charge in [-0.05, 0) is 185 Å². The maximum absolute atomic E-state index is 3.27. The Morgan fingerprint density at radius 3 is 1.36 bits per heavy atom. The first-order chi connectivity index (χ1) is 21.2. The Bertz CT molecular complexity index is 855. The molecule has 4 aliphatic heterocycles. The zero-order valence-electron chi connectivity index (χ0n) is 29.9. The molecule has 0 bridgehead atoms. The third kappa shape index (κ3) is 9.09. The van der Waals surface area contributed by atoms with Crippen LogP contribution >= 0.6 is 0 Å². The van der Waals surface area contributed by atoms with Crippen LogP contribution in [0.1, 0.15) is 95.6 Å². The summed E-state index contributed by atoms with van der Waals surface area (Å²) in [6.45, 7) is 17.5. The first kappa shape index (κ1) is 34.4. The van der Waals surface area contributed by atoms with Gasteiger partial charge in [0.1, 0.15) is 0 Å². The number of benzene rings is 1. The molecule has 5 heteroatoms. The van der Waals surface area contributed by atoms with Crippen molar-refractivity contribution in [3.63, 3.8) is 0 Å². The number of nitrogens with zero attached hydrogens (tertiary/aromatic N) is 5. The average Bonchev–Trinajstić information content (AvgIpc) is 3.01. The minimum absolute atomic E-state index is 0.591. The molecule has 4 fully saturated rings. The summed E-state index contributed by atoms with van der Waals surface area (Å²) >= 11 is 0. The lowest BCUT2D eigenvalue weighted by atomic mass is 9.66. The van der Waals surface area contributed by atoms with Crippen molar-refractivity contribution in [2.24, 2.45) is 23.7 Å². The number of hydrogen-bond donors (Lipinski definition) is 0. The Hall–Kier alpha value is -0.980. The molecule has 0 radical (unpaired) electrons. The highest BCUT2D eigenvalue weighted by molar-refractivity contribution is 5.25. The lowest BCUT2D eigenvalue weighted by Gasteiger charge is -2.54. The summed E-state index contributed by atoms with van der Waals surface area (Å²) in [7, 11) is 9.40. The van der Waals surface area contributed by atoms with E-state index in [-0.39, 0.29) is 0 Å². The van der Waals surface area contributed by atoms with Gasteiger partial charge >= 0.3 is 0 Å². The molecule has 0 amide bonds. The smallest absolute Gasteiger partial charge is 0.0140 e. The molecule has 2 atom stereocenters. The van der Waals surface area contributed by atoms with Crippen molar-refractivity contribution in [3.8, 4) is 0 Å². The quantitative estimate of drug-likeness (QED) is 0.283. The van der Waals surface area contributed by atoms with E-state index in [0.29, 0.717) is 17.9 Å². The lowest BCUT2D eigenvalue weighted by Crippen LogP contribution is -2.60. The van der Waals surface area contributed by atoms with Crippen LogP contribution in [0.4, 0.5) is 0 Å². The van der Waals surface area contributed by atoms with Crippen molar-refractivity contribution in [1.29, 1.82) is 0 Å². The van der Waals surface area contributed by atoms with Crippen molar-refractivity contribution in [2.75, 3.05) is 80.5 Å². The topological polar surface area (TPSA) is 16.2 Å². The van der Waals surface area contributed by atoms with Crippen LogP contribution in [0.25, 0.3) is 0 Å². The van der Waals surface area contributed by atoms with Gasteiger partial charge in [-0.25, -0.2) is 0 Å². The SMILES string of the molecule is CC(C)Cc1ccc(C(C)CC(C(C2CCN(C)CC2)C2CCN(C)CC2)N(C2CCN(C)CC2)C2CCN(C)CC2)cc1. The molecular formula is C39H69N5. The lowest BCUT2D eigenvalue weighted by molar-refractivity contribution is -0.0505. The van der Waals surface area contributed by atoms with Gasteiger partial charge in [-0.1, -0.05) is 45.0 Å². The summed E-state index contributed by atoms with van der Waals surface area (Å²) in [6.07, 6.45) is 13.5. The van der Waals surface area contributed by atoms with Gasteiger partial charge in [-0.15, -0.1) is 0 Å². The molecule has 44 heavy (non-hydrogen) atoms. The summed E-state index contributed by atoms with van der Waals surface area (Å²) in [5, 5.41) is 0. The number of piperidine rings is 4. The van der Waals surface area contributed by atoms with Gasteiger partial charge in [0, 0.05) is 18.1 Å². The molecule has 0 aromatic heterocycles. The van der Waals surface area contributed by atoms with Gasteiger partial charge in [0.05, 0.1) is 0 Å². The standard InChI is InChI=1S/C39H69N5/c1-30(2)28-32-8-10-33(11-9-32)31(3)29-38(39(34-12-20-40(4)21-13-34)35-14-22-41(5)23-15-35)44(36-16-24-42(6)25-17-36)37-18-26-43(7)27-19-37/h8-11,30-31,34-39H,12-29H2,1-7H3. The summed E-state index contributed by atoms with van der Waals surface area (Å²) in [5.74, 6) is 3.85. The van der Waals surface area contributed by atoms with E-state index in [0.717, 1.165) is 29.8 Å². The van der Waals surface area contributed by atoms with Crippen LogP contribution in [0, 0.1) is 23.7 Å². The van der Waals surface area contributed by atoms with Gasteiger partial charge in [0.15, 0.2) is 0 Å². The highest BCUT2D eigenvalue weighted by Crippen LogP contribution is 2.44. The number of rotatable bonds is 11. The van der Waals surface area contributed by atoms with Gasteiger partial charge in [-0.3, -0.25) is 4.90 Å². The molecule has 0 spiro atoms. The minimum atomic E-state index is 0.591. The predicted molar refractivity (Wildman–Crippen MR) is 189 cm³/mol. The molecular weight excluding hydrogens is 538 g/mol. The number of hydrogen-bond acceptors (Lipinski definition) is 5. The summed E-state index contributed by atoms with van der Waals surface area (Å²) in [6, 6.07) is 12.0. The summed E-state index contributed by atoms with van der Waals surface area (Å²) in [5.41, 5.74) is 3.07. The van der Waals surface area contributed by atoms with Gasteiger partial charge in [0.25, 0.3) is 0 Å². The van der Waals surface area contributed by atoms with E-state index >= 15 is 0 Å². The van der Waals surface area contributed by atoms with Crippen molar-refractivity contribution in [1.82, 2.24) is 24.5 Å². The van der Waals surface area contributed by atoms with E-state index in [2.05, 4.69) is 97.7 Å². The van der Waals surface area contributed by atoms with E-state index in [1.807, 2.05) is 0 Å². The summed E-state index contributed by atoms with van der Waals surface area (Å²) < 4.78 is 0. The normalized spacial score (nSPS) is 25.4. The fourth-order valence-electron chi connectivity index (χ4n) is 9.70. The molecule has 1 aromatic carbocycles. The molecule has 0 aliphatic carbocycles. The van der Waals surface area contributed by atoms with Crippen LogP contribution in [-0.2, 0) is 6.42 Å².